The highest BCUT2D eigenvalue weighted by molar-refractivity contribution is 7.15. The Balaban J connectivity index is 1.77. The minimum absolute atomic E-state index is 0.106. The van der Waals surface area contributed by atoms with E-state index >= 15 is 0 Å². The summed E-state index contributed by atoms with van der Waals surface area (Å²) in [6.45, 7) is 0. The summed E-state index contributed by atoms with van der Waals surface area (Å²) in [6.07, 6.45) is 10.6. The van der Waals surface area contributed by atoms with Crippen LogP contribution in [0.1, 0.15) is 11.3 Å². The molecule has 4 rings (SSSR count). The van der Waals surface area contributed by atoms with Gasteiger partial charge < -0.3 is 0 Å². The van der Waals surface area contributed by atoms with Gasteiger partial charge in [0.25, 0.3) is 5.56 Å². The summed E-state index contributed by atoms with van der Waals surface area (Å²) in [6, 6.07) is 9.12. The van der Waals surface area contributed by atoms with Crippen molar-refractivity contribution in [2.24, 2.45) is 0 Å². The maximum atomic E-state index is 12.5. The van der Waals surface area contributed by atoms with E-state index in [0.29, 0.717) is 10.7 Å². The molecular formula is C18H12N4OS. The summed E-state index contributed by atoms with van der Waals surface area (Å²) >= 11 is 1.44. The topological polar surface area (TPSA) is 60.2 Å². The molecule has 116 valence electrons. The van der Waals surface area contributed by atoms with Gasteiger partial charge in [0, 0.05) is 41.8 Å². The number of thiazole rings is 1. The van der Waals surface area contributed by atoms with Crippen LogP contribution in [0.5, 0.6) is 0 Å². The van der Waals surface area contributed by atoms with Crippen LogP contribution in [-0.2, 0) is 0 Å². The fourth-order valence-electron chi connectivity index (χ4n) is 2.39. The third-order valence-corrected chi connectivity index (χ3v) is 4.34. The first-order valence-electron chi connectivity index (χ1n) is 7.31. The SMILES string of the molecule is O=c1cc(/C=C/c2cccnc2)nc2scc(-c3cccnc3)n12. The summed E-state index contributed by atoms with van der Waals surface area (Å²) in [7, 11) is 0. The number of hydrogen-bond acceptors (Lipinski definition) is 5. The van der Waals surface area contributed by atoms with Crippen molar-refractivity contribution in [3.05, 3.63) is 82.1 Å². The molecular weight excluding hydrogens is 320 g/mol. The zero-order valence-corrected chi connectivity index (χ0v) is 13.4. The van der Waals surface area contributed by atoms with Crippen LogP contribution >= 0.6 is 11.3 Å². The van der Waals surface area contributed by atoms with E-state index in [1.165, 1.54) is 17.4 Å². The van der Waals surface area contributed by atoms with Crippen molar-refractivity contribution in [1.82, 2.24) is 19.4 Å². The van der Waals surface area contributed by atoms with Crippen molar-refractivity contribution in [2.45, 2.75) is 0 Å². The summed E-state index contributed by atoms with van der Waals surface area (Å²) in [5.41, 5.74) is 3.19. The van der Waals surface area contributed by atoms with E-state index in [2.05, 4.69) is 15.0 Å². The van der Waals surface area contributed by atoms with E-state index in [1.54, 1.807) is 29.2 Å². The van der Waals surface area contributed by atoms with Crippen LogP contribution < -0.4 is 5.56 Å². The molecule has 0 amide bonds. The maximum absolute atomic E-state index is 12.5. The molecule has 6 heteroatoms. The highest BCUT2D eigenvalue weighted by Gasteiger charge is 2.10. The van der Waals surface area contributed by atoms with Crippen LogP contribution in [0.15, 0.2) is 65.3 Å². The maximum Gasteiger partial charge on any atom is 0.259 e. The number of hydrogen-bond donors (Lipinski definition) is 0. The fourth-order valence-corrected chi connectivity index (χ4v) is 3.30. The van der Waals surface area contributed by atoms with Gasteiger partial charge in [-0.05, 0) is 29.8 Å². The molecule has 0 fully saturated rings. The lowest BCUT2D eigenvalue weighted by molar-refractivity contribution is 1.07. The molecule has 5 nitrogen and oxygen atoms in total. The molecule has 0 aromatic carbocycles. The average Bonchev–Trinajstić information content (AvgIpc) is 3.06. The monoisotopic (exact) mass is 332 g/mol. The van der Waals surface area contributed by atoms with Crippen molar-refractivity contribution >= 4 is 28.4 Å². The second-order valence-electron chi connectivity index (χ2n) is 5.12. The Morgan fingerprint density at radius 3 is 2.62 bits per heavy atom. The van der Waals surface area contributed by atoms with Gasteiger partial charge in [-0.3, -0.25) is 19.2 Å². The van der Waals surface area contributed by atoms with Crippen molar-refractivity contribution in [3.8, 4) is 11.3 Å². The van der Waals surface area contributed by atoms with Crippen molar-refractivity contribution in [1.29, 1.82) is 0 Å². The van der Waals surface area contributed by atoms with Crippen LogP contribution in [-0.4, -0.2) is 19.4 Å². The van der Waals surface area contributed by atoms with E-state index in [1.807, 2.05) is 41.8 Å². The summed E-state index contributed by atoms with van der Waals surface area (Å²) in [4.78, 5) is 25.9. The Morgan fingerprint density at radius 1 is 1.04 bits per heavy atom. The number of nitrogens with zero attached hydrogens (tertiary/aromatic N) is 4. The van der Waals surface area contributed by atoms with Crippen LogP contribution in [0.4, 0.5) is 0 Å². The van der Waals surface area contributed by atoms with Gasteiger partial charge >= 0.3 is 0 Å². The molecule has 0 saturated carbocycles. The summed E-state index contributed by atoms with van der Waals surface area (Å²) in [5.74, 6) is 0. The van der Waals surface area contributed by atoms with E-state index in [4.69, 9.17) is 0 Å². The van der Waals surface area contributed by atoms with Gasteiger partial charge in [-0.25, -0.2) is 4.98 Å². The van der Waals surface area contributed by atoms with E-state index in [0.717, 1.165) is 16.8 Å². The smallest absolute Gasteiger partial charge is 0.259 e. The number of aromatic nitrogens is 4. The molecule has 0 atom stereocenters. The van der Waals surface area contributed by atoms with Gasteiger partial charge in [-0.2, -0.15) is 0 Å². The average molecular weight is 332 g/mol. The lowest BCUT2D eigenvalue weighted by atomic mass is 10.2. The first kappa shape index (κ1) is 14.5. The number of pyridine rings is 2. The third-order valence-electron chi connectivity index (χ3n) is 3.51. The van der Waals surface area contributed by atoms with E-state index in [-0.39, 0.29) is 5.56 Å². The molecule has 0 aliphatic carbocycles. The molecule has 0 bridgehead atoms. The van der Waals surface area contributed by atoms with Crippen molar-refractivity contribution in [3.63, 3.8) is 0 Å². The summed E-state index contributed by atoms with van der Waals surface area (Å²) < 4.78 is 1.61. The quantitative estimate of drug-likeness (QED) is 0.577. The van der Waals surface area contributed by atoms with Crippen LogP contribution in [0.2, 0.25) is 0 Å². The van der Waals surface area contributed by atoms with Crippen molar-refractivity contribution < 1.29 is 0 Å². The van der Waals surface area contributed by atoms with Gasteiger partial charge in [0.2, 0.25) is 0 Å². The fraction of sp³-hybridized carbons (Fsp3) is 0. The lowest BCUT2D eigenvalue weighted by Crippen LogP contribution is -2.13. The molecule has 4 aromatic heterocycles. The zero-order chi connectivity index (χ0) is 16.4. The Hall–Kier alpha value is -3.12. The van der Waals surface area contributed by atoms with Crippen molar-refractivity contribution in [2.75, 3.05) is 0 Å². The minimum Gasteiger partial charge on any atom is -0.269 e. The lowest BCUT2D eigenvalue weighted by Gasteiger charge is -2.01. The molecule has 0 aliphatic heterocycles. The predicted octanol–water partition coefficient (Wildman–Crippen LogP) is 3.38. The molecule has 0 saturated heterocycles. The summed E-state index contributed by atoms with van der Waals surface area (Å²) in [5, 5.41) is 1.93. The molecule has 4 heterocycles. The highest BCUT2D eigenvalue weighted by Crippen LogP contribution is 2.23. The molecule has 24 heavy (non-hydrogen) atoms. The molecule has 0 N–H and O–H groups in total. The predicted molar refractivity (Wildman–Crippen MR) is 95.7 cm³/mol. The number of fused-ring (bicyclic) bond motifs is 1. The zero-order valence-electron chi connectivity index (χ0n) is 12.5. The normalized spacial score (nSPS) is 11.3. The van der Waals surface area contributed by atoms with Gasteiger partial charge in [0.15, 0.2) is 4.96 Å². The molecule has 4 aromatic rings. The van der Waals surface area contributed by atoms with E-state index in [9.17, 15) is 4.79 Å². The first-order chi connectivity index (χ1) is 11.8. The van der Waals surface area contributed by atoms with Gasteiger partial charge in [0.1, 0.15) is 0 Å². The van der Waals surface area contributed by atoms with E-state index < -0.39 is 0 Å². The first-order valence-corrected chi connectivity index (χ1v) is 8.19. The molecule has 0 aliphatic rings. The highest BCUT2D eigenvalue weighted by atomic mass is 32.1. The van der Waals surface area contributed by atoms with Gasteiger partial charge in [0.05, 0.1) is 11.4 Å². The molecule has 0 unspecified atom stereocenters. The number of rotatable bonds is 3. The van der Waals surface area contributed by atoms with Gasteiger partial charge in [-0.1, -0.05) is 12.1 Å². The Morgan fingerprint density at radius 2 is 1.88 bits per heavy atom. The Labute approximate surface area is 141 Å². The Kier molecular flexibility index (Phi) is 3.72. The second kappa shape index (κ2) is 6.17. The molecule has 0 radical (unpaired) electrons. The second-order valence-corrected chi connectivity index (χ2v) is 5.96. The largest absolute Gasteiger partial charge is 0.269 e. The van der Waals surface area contributed by atoms with Crippen LogP contribution in [0, 0.1) is 0 Å². The van der Waals surface area contributed by atoms with Gasteiger partial charge in [-0.15, -0.1) is 11.3 Å². The standard InChI is InChI=1S/C18H12N4OS/c23-17-9-15(6-5-13-3-1-7-19-10-13)21-18-22(17)16(12-24-18)14-4-2-8-20-11-14/h1-12H/b6-5+. The third kappa shape index (κ3) is 2.75. The van der Waals surface area contributed by atoms with Crippen LogP contribution in [0.3, 0.4) is 0 Å². The minimum atomic E-state index is -0.106. The molecule has 0 spiro atoms. The van der Waals surface area contributed by atoms with Crippen LogP contribution in [0.25, 0.3) is 28.4 Å². The Bertz CT molecular complexity index is 1070.